The molecule has 1 saturated carbocycles. The van der Waals surface area contributed by atoms with Gasteiger partial charge < -0.3 is 5.11 Å². The lowest BCUT2D eigenvalue weighted by Crippen LogP contribution is -2.38. The Morgan fingerprint density at radius 1 is 1.12 bits per heavy atom. The van der Waals surface area contributed by atoms with Crippen LogP contribution in [0, 0.1) is 24.7 Å². The molecule has 0 heterocycles. The first-order valence-corrected chi connectivity index (χ1v) is 13.9. The van der Waals surface area contributed by atoms with Crippen LogP contribution in [0.4, 0.5) is 0 Å². The normalized spacial score (nSPS) is 25.5. The topological polar surface area (TPSA) is 23.5 Å². The molecule has 0 aromatic heterocycles. The number of benzene rings is 1. The Bertz CT molecular complexity index is 760. The van der Waals surface area contributed by atoms with E-state index in [2.05, 4.69) is 93.8 Å². The van der Waals surface area contributed by atoms with Gasteiger partial charge >= 0.3 is 0 Å². The van der Waals surface area contributed by atoms with Crippen LogP contribution in [0.3, 0.4) is 0 Å². The molecule has 0 bridgehead atoms. The second-order valence-electron chi connectivity index (χ2n) is 10.5. The zero-order chi connectivity index (χ0) is 23.1. The van der Waals surface area contributed by atoms with Crippen molar-refractivity contribution in [2.75, 3.05) is 18.1 Å². The van der Waals surface area contributed by atoms with Crippen LogP contribution >= 0.6 is 11.8 Å². The minimum atomic E-state index is -0.162. The number of aryl methyl sites for hydroxylation is 2. The highest BCUT2D eigenvalue weighted by atomic mass is 32.2. The van der Waals surface area contributed by atoms with Crippen LogP contribution in [0.1, 0.15) is 64.5 Å². The highest BCUT2D eigenvalue weighted by Crippen LogP contribution is 2.48. The fraction of sp³-hybridized carbons (Fsp3) is 0.655. The molecule has 2 nitrogen and oxygen atoms in total. The number of allylic oxidation sites excluding steroid dienone is 3. The molecule has 1 aromatic carbocycles. The summed E-state index contributed by atoms with van der Waals surface area (Å²) in [5.41, 5.74) is 4.38. The molecule has 0 spiro atoms. The average molecular weight is 456 g/mol. The van der Waals surface area contributed by atoms with Gasteiger partial charge in [0.15, 0.2) is 0 Å². The molecular formula is C29H45NOS. The van der Waals surface area contributed by atoms with Gasteiger partial charge in [-0.25, -0.2) is 0 Å². The van der Waals surface area contributed by atoms with Gasteiger partial charge in [-0.1, -0.05) is 53.6 Å². The monoisotopic (exact) mass is 455 g/mol. The molecule has 4 atom stereocenters. The third-order valence-corrected chi connectivity index (χ3v) is 8.34. The standard InChI is InChI=1S/C29H45NOS/c1-21(2)30(22(3)4)14-16-32-15-13-25-18-26-20-29(31)27(28(26)19-25)12-7-6-10-24-11-8-9-23(5)17-24/h7-9,11-12,17-18,21-22,26-29,31H,6,10,13-16,19-20H2,1-5H3/t26-,27+,28-,29+/m0/s1. The van der Waals surface area contributed by atoms with E-state index in [1.54, 1.807) is 5.57 Å². The summed E-state index contributed by atoms with van der Waals surface area (Å²) >= 11 is 2.10. The van der Waals surface area contributed by atoms with Gasteiger partial charge in [0.2, 0.25) is 0 Å². The summed E-state index contributed by atoms with van der Waals surface area (Å²) in [5.74, 6) is 4.01. The molecule has 2 aliphatic carbocycles. The lowest BCUT2D eigenvalue weighted by Gasteiger charge is -2.30. The average Bonchev–Trinajstić information content (AvgIpc) is 3.24. The van der Waals surface area contributed by atoms with Gasteiger partial charge in [0.1, 0.15) is 0 Å². The smallest absolute Gasteiger partial charge is 0.0611 e. The van der Waals surface area contributed by atoms with Crippen LogP contribution < -0.4 is 0 Å². The Hall–Kier alpha value is -1.03. The predicted molar refractivity (Wildman–Crippen MR) is 141 cm³/mol. The number of nitrogens with zero attached hydrogens (tertiary/aromatic N) is 1. The third-order valence-electron chi connectivity index (χ3n) is 7.38. The number of rotatable bonds is 12. The van der Waals surface area contributed by atoms with E-state index >= 15 is 0 Å². The summed E-state index contributed by atoms with van der Waals surface area (Å²) in [4.78, 5) is 2.59. The lowest BCUT2D eigenvalue weighted by molar-refractivity contribution is 0.141. The van der Waals surface area contributed by atoms with E-state index in [4.69, 9.17) is 0 Å². The van der Waals surface area contributed by atoms with Gasteiger partial charge in [0.25, 0.3) is 0 Å². The number of aliphatic hydroxyl groups excluding tert-OH is 1. The molecule has 1 fully saturated rings. The molecule has 2 aliphatic rings. The number of hydrogen-bond donors (Lipinski definition) is 1. The summed E-state index contributed by atoms with van der Waals surface area (Å²) < 4.78 is 0. The Kier molecular flexibility index (Phi) is 9.95. The van der Waals surface area contributed by atoms with Crippen molar-refractivity contribution in [3.63, 3.8) is 0 Å². The zero-order valence-electron chi connectivity index (χ0n) is 21.0. The molecule has 32 heavy (non-hydrogen) atoms. The SMILES string of the molecule is Cc1cccc(CCC=C[C@@H]2[C@H]3CC(CCSCCN(C(C)C)C(C)C)=C[C@H]3C[C@H]2O)c1. The third kappa shape index (κ3) is 7.23. The first kappa shape index (κ1) is 25.6. The van der Waals surface area contributed by atoms with E-state index in [1.165, 1.54) is 42.0 Å². The second kappa shape index (κ2) is 12.4. The van der Waals surface area contributed by atoms with Crippen molar-refractivity contribution >= 4 is 11.8 Å². The van der Waals surface area contributed by atoms with Gasteiger partial charge in [0.05, 0.1) is 6.10 Å². The predicted octanol–water partition coefficient (Wildman–Crippen LogP) is 6.67. The minimum Gasteiger partial charge on any atom is -0.392 e. The second-order valence-corrected chi connectivity index (χ2v) is 11.7. The molecule has 3 rings (SSSR count). The maximum Gasteiger partial charge on any atom is 0.0611 e. The molecule has 1 aromatic rings. The highest BCUT2D eigenvalue weighted by molar-refractivity contribution is 7.99. The van der Waals surface area contributed by atoms with Gasteiger partial charge in [-0.15, -0.1) is 0 Å². The first-order chi connectivity index (χ1) is 15.3. The van der Waals surface area contributed by atoms with Gasteiger partial charge in [-0.2, -0.15) is 11.8 Å². The molecular weight excluding hydrogens is 410 g/mol. The fourth-order valence-corrected chi connectivity index (χ4v) is 6.70. The van der Waals surface area contributed by atoms with Crippen LogP contribution in [-0.4, -0.2) is 46.2 Å². The molecule has 0 aliphatic heterocycles. The Balaban J connectivity index is 1.39. The van der Waals surface area contributed by atoms with Crippen LogP contribution in [0.25, 0.3) is 0 Å². The van der Waals surface area contributed by atoms with Crippen LogP contribution in [0.15, 0.2) is 48.1 Å². The number of fused-ring (bicyclic) bond motifs is 1. The number of hydrogen-bond acceptors (Lipinski definition) is 3. The quantitative estimate of drug-likeness (QED) is 0.281. The molecule has 178 valence electrons. The minimum absolute atomic E-state index is 0.162. The molecule has 0 saturated heterocycles. The summed E-state index contributed by atoms with van der Waals surface area (Å²) in [6, 6.07) is 10.1. The number of thioether (sulfide) groups is 1. The first-order valence-electron chi connectivity index (χ1n) is 12.8. The van der Waals surface area contributed by atoms with E-state index in [0.717, 1.165) is 19.3 Å². The summed E-state index contributed by atoms with van der Waals surface area (Å²) in [6.45, 7) is 12.5. The Labute approximate surface area is 201 Å². The Morgan fingerprint density at radius 3 is 2.62 bits per heavy atom. The van der Waals surface area contributed by atoms with E-state index in [9.17, 15) is 5.11 Å². The van der Waals surface area contributed by atoms with Gasteiger partial charge in [0, 0.05) is 30.3 Å². The molecule has 0 unspecified atom stereocenters. The lowest BCUT2D eigenvalue weighted by atomic mass is 9.89. The van der Waals surface area contributed by atoms with Crippen molar-refractivity contribution in [1.82, 2.24) is 4.90 Å². The van der Waals surface area contributed by atoms with Crippen molar-refractivity contribution in [1.29, 1.82) is 0 Å². The maximum absolute atomic E-state index is 10.6. The van der Waals surface area contributed by atoms with Crippen molar-refractivity contribution in [2.24, 2.45) is 17.8 Å². The van der Waals surface area contributed by atoms with Crippen LogP contribution in [0.2, 0.25) is 0 Å². The van der Waals surface area contributed by atoms with Crippen molar-refractivity contribution < 1.29 is 5.11 Å². The fourth-order valence-electron chi connectivity index (χ4n) is 5.75. The van der Waals surface area contributed by atoms with Crippen LogP contribution in [0.5, 0.6) is 0 Å². The molecule has 0 amide bonds. The van der Waals surface area contributed by atoms with Crippen LogP contribution in [-0.2, 0) is 6.42 Å². The molecule has 1 N–H and O–H groups in total. The summed E-state index contributed by atoms with van der Waals surface area (Å²) in [5, 5.41) is 10.6. The van der Waals surface area contributed by atoms with Gasteiger partial charge in [-0.3, -0.25) is 4.90 Å². The maximum atomic E-state index is 10.6. The van der Waals surface area contributed by atoms with E-state index in [-0.39, 0.29) is 6.10 Å². The van der Waals surface area contributed by atoms with Gasteiger partial charge in [-0.05, 0) is 89.9 Å². The zero-order valence-corrected chi connectivity index (χ0v) is 21.8. The van der Waals surface area contributed by atoms with Crippen molar-refractivity contribution in [3.8, 4) is 0 Å². The van der Waals surface area contributed by atoms with Crippen molar-refractivity contribution in [2.45, 2.75) is 84.9 Å². The summed E-state index contributed by atoms with van der Waals surface area (Å²) in [6.07, 6.45) is 12.5. The summed E-state index contributed by atoms with van der Waals surface area (Å²) in [7, 11) is 0. The van der Waals surface area contributed by atoms with E-state index < -0.39 is 0 Å². The number of aliphatic hydroxyl groups is 1. The molecule has 3 heteroatoms. The highest BCUT2D eigenvalue weighted by Gasteiger charge is 2.43. The molecule has 0 radical (unpaired) electrons. The largest absolute Gasteiger partial charge is 0.392 e. The Morgan fingerprint density at radius 2 is 1.91 bits per heavy atom. The van der Waals surface area contributed by atoms with Crippen molar-refractivity contribution in [3.05, 3.63) is 59.2 Å². The van der Waals surface area contributed by atoms with E-state index in [0.29, 0.717) is 29.8 Å². The van der Waals surface area contributed by atoms with E-state index in [1.807, 2.05) is 0 Å².